The number of aromatic nitrogens is 1. The van der Waals surface area contributed by atoms with Gasteiger partial charge in [-0.15, -0.1) is 0 Å². The third-order valence-corrected chi connectivity index (χ3v) is 2.37. The number of rotatable bonds is 2. The quantitative estimate of drug-likeness (QED) is 0.583. The molecule has 11 heavy (non-hydrogen) atoms. The maximum Gasteiger partial charge on any atom is 0.133 e. The van der Waals surface area contributed by atoms with Crippen molar-refractivity contribution >= 4 is 39.1 Å². The van der Waals surface area contributed by atoms with Crippen LogP contribution in [-0.4, -0.2) is 10.3 Å². The average Bonchev–Trinajstić information content (AvgIpc) is 1.97. The minimum Gasteiger partial charge on any atom is -0.244 e. The molecular formula is C7H6BrCl2N. The van der Waals surface area contributed by atoms with E-state index in [0.717, 1.165) is 17.3 Å². The Balaban J connectivity index is 3.00. The third kappa shape index (κ3) is 2.32. The lowest BCUT2D eigenvalue weighted by Crippen LogP contribution is -1.90. The van der Waals surface area contributed by atoms with Crippen molar-refractivity contribution in [3.8, 4) is 0 Å². The van der Waals surface area contributed by atoms with Gasteiger partial charge in [-0.2, -0.15) is 0 Å². The van der Waals surface area contributed by atoms with Gasteiger partial charge in [-0.3, -0.25) is 0 Å². The van der Waals surface area contributed by atoms with E-state index in [1.165, 1.54) is 0 Å². The Morgan fingerprint density at radius 1 is 1.45 bits per heavy atom. The molecule has 4 heteroatoms. The minimum absolute atomic E-state index is 0.497. The van der Waals surface area contributed by atoms with Crippen LogP contribution >= 0.6 is 39.1 Å². The van der Waals surface area contributed by atoms with Gasteiger partial charge < -0.3 is 0 Å². The molecule has 0 amide bonds. The zero-order valence-corrected chi connectivity index (χ0v) is 8.75. The summed E-state index contributed by atoms with van der Waals surface area (Å²) in [5, 5.41) is 2.03. The largest absolute Gasteiger partial charge is 0.244 e. The molecule has 0 bridgehead atoms. The number of hydrogen-bond donors (Lipinski definition) is 0. The van der Waals surface area contributed by atoms with E-state index >= 15 is 0 Å². The molecule has 0 atom stereocenters. The Morgan fingerprint density at radius 2 is 2.18 bits per heavy atom. The van der Waals surface area contributed by atoms with Crippen LogP contribution in [0.1, 0.15) is 5.56 Å². The maximum atomic E-state index is 5.86. The fourth-order valence-electron chi connectivity index (χ4n) is 0.762. The van der Waals surface area contributed by atoms with Crippen LogP contribution in [0.25, 0.3) is 0 Å². The molecule has 1 rings (SSSR count). The smallest absolute Gasteiger partial charge is 0.133 e. The number of hydrogen-bond acceptors (Lipinski definition) is 1. The van der Waals surface area contributed by atoms with Crippen molar-refractivity contribution in [2.45, 2.75) is 6.42 Å². The Labute approximate surface area is 83.9 Å². The highest BCUT2D eigenvalue weighted by molar-refractivity contribution is 9.09. The summed E-state index contributed by atoms with van der Waals surface area (Å²) in [6.07, 6.45) is 2.41. The SMILES string of the molecule is Clc1ccnc(Cl)c1CCBr. The fourth-order valence-corrected chi connectivity index (χ4v) is 1.70. The Bertz CT molecular complexity index is 232. The van der Waals surface area contributed by atoms with Gasteiger partial charge in [-0.05, 0) is 12.5 Å². The number of alkyl halides is 1. The summed E-state index contributed by atoms with van der Waals surface area (Å²) in [6.45, 7) is 0. The van der Waals surface area contributed by atoms with Crippen LogP contribution in [0.4, 0.5) is 0 Å². The first-order chi connectivity index (χ1) is 5.25. The van der Waals surface area contributed by atoms with Crippen LogP contribution in [0.3, 0.4) is 0 Å². The highest BCUT2D eigenvalue weighted by atomic mass is 79.9. The molecule has 1 aromatic heterocycles. The summed E-state index contributed by atoms with van der Waals surface area (Å²) < 4.78 is 0. The zero-order chi connectivity index (χ0) is 8.27. The van der Waals surface area contributed by atoms with E-state index in [1.54, 1.807) is 12.3 Å². The average molecular weight is 255 g/mol. The van der Waals surface area contributed by atoms with Crippen molar-refractivity contribution in [1.29, 1.82) is 0 Å². The summed E-state index contributed by atoms with van der Waals surface area (Å²) >= 11 is 15.0. The topological polar surface area (TPSA) is 12.9 Å². The number of halogens is 3. The molecule has 0 saturated carbocycles. The van der Waals surface area contributed by atoms with E-state index in [0.29, 0.717) is 10.2 Å². The predicted octanol–water partition coefficient (Wildman–Crippen LogP) is 3.33. The maximum absolute atomic E-state index is 5.86. The van der Waals surface area contributed by atoms with Crippen molar-refractivity contribution in [1.82, 2.24) is 4.98 Å². The van der Waals surface area contributed by atoms with Crippen molar-refractivity contribution in [3.05, 3.63) is 28.0 Å². The molecule has 0 radical (unpaired) electrons. The number of pyridine rings is 1. The van der Waals surface area contributed by atoms with Gasteiger partial charge in [-0.1, -0.05) is 39.1 Å². The second-order valence-corrected chi connectivity index (χ2v) is 3.56. The van der Waals surface area contributed by atoms with Gasteiger partial charge in [0.25, 0.3) is 0 Å². The minimum atomic E-state index is 0.497. The van der Waals surface area contributed by atoms with E-state index in [-0.39, 0.29) is 0 Å². The molecular weight excluding hydrogens is 249 g/mol. The molecule has 0 N–H and O–H groups in total. The summed E-state index contributed by atoms with van der Waals surface area (Å²) in [7, 11) is 0. The Morgan fingerprint density at radius 3 is 2.73 bits per heavy atom. The van der Waals surface area contributed by atoms with Gasteiger partial charge in [0.1, 0.15) is 5.15 Å². The van der Waals surface area contributed by atoms with E-state index in [1.807, 2.05) is 0 Å². The highest BCUT2D eigenvalue weighted by Gasteiger charge is 2.04. The van der Waals surface area contributed by atoms with Crippen LogP contribution in [0, 0.1) is 0 Å². The summed E-state index contributed by atoms with van der Waals surface area (Å²) in [5.74, 6) is 0. The van der Waals surface area contributed by atoms with Crippen molar-refractivity contribution in [2.24, 2.45) is 0 Å². The van der Waals surface area contributed by atoms with Crippen LogP contribution in [0.5, 0.6) is 0 Å². The lowest BCUT2D eigenvalue weighted by molar-refractivity contribution is 1.13. The molecule has 0 aliphatic carbocycles. The lowest BCUT2D eigenvalue weighted by atomic mass is 10.2. The van der Waals surface area contributed by atoms with Gasteiger partial charge >= 0.3 is 0 Å². The molecule has 0 spiro atoms. The van der Waals surface area contributed by atoms with Crippen LogP contribution in [-0.2, 0) is 6.42 Å². The van der Waals surface area contributed by atoms with Crippen LogP contribution in [0.2, 0.25) is 10.2 Å². The monoisotopic (exact) mass is 253 g/mol. The highest BCUT2D eigenvalue weighted by Crippen LogP contribution is 2.22. The molecule has 0 saturated heterocycles. The van der Waals surface area contributed by atoms with Crippen molar-refractivity contribution < 1.29 is 0 Å². The molecule has 60 valence electrons. The summed E-state index contributed by atoms with van der Waals surface area (Å²) in [4.78, 5) is 3.92. The van der Waals surface area contributed by atoms with E-state index < -0.39 is 0 Å². The Hall–Kier alpha value is 0.210. The van der Waals surface area contributed by atoms with Gasteiger partial charge in [-0.25, -0.2) is 4.98 Å². The molecule has 0 aromatic carbocycles. The predicted molar refractivity (Wildman–Crippen MR) is 51.8 cm³/mol. The van der Waals surface area contributed by atoms with Crippen LogP contribution in [0.15, 0.2) is 12.3 Å². The van der Waals surface area contributed by atoms with Gasteiger partial charge in [0.2, 0.25) is 0 Å². The van der Waals surface area contributed by atoms with Gasteiger partial charge in [0.05, 0.1) is 0 Å². The molecule has 0 unspecified atom stereocenters. The molecule has 0 aliphatic heterocycles. The molecule has 1 nitrogen and oxygen atoms in total. The van der Waals surface area contributed by atoms with E-state index in [2.05, 4.69) is 20.9 Å². The number of nitrogens with zero attached hydrogens (tertiary/aromatic N) is 1. The van der Waals surface area contributed by atoms with Crippen LogP contribution < -0.4 is 0 Å². The van der Waals surface area contributed by atoms with E-state index in [9.17, 15) is 0 Å². The second-order valence-electron chi connectivity index (χ2n) is 2.00. The first kappa shape index (κ1) is 9.30. The molecule has 1 aromatic rings. The first-order valence-electron chi connectivity index (χ1n) is 3.10. The summed E-state index contributed by atoms with van der Waals surface area (Å²) in [6, 6.07) is 1.74. The molecule has 0 aliphatic rings. The third-order valence-electron chi connectivity index (χ3n) is 1.29. The Kier molecular flexibility index (Phi) is 3.63. The molecule has 1 heterocycles. The molecule has 0 fully saturated rings. The first-order valence-corrected chi connectivity index (χ1v) is 4.98. The van der Waals surface area contributed by atoms with Crippen molar-refractivity contribution in [3.63, 3.8) is 0 Å². The summed E-state index contributed by atoms with van der Waals surface area (Å²) in [5.41, 5.74) is 0.910. The normalized spacial score (nSPS) is 10.1. The van der Waals surface area contributed by atoms with Gasteiger partial charge in [0.15, 0.2) is 0 Å². The second kappa shape index (κ2) is 4.29. The van der Waals surface area contributed by atoms with Crippen molar-refractivity contribution in [2.75, 3.05) is 5.33 Å². The zero-order valence-electron chi connectivity index (χ0n) is 5.65. The standard InChI is InChI=1S/C7H6BrCl2N/c8-3-1-5-6(9)2-4-11-7(5)10/h2,4H,1,3H2. The fraction of sp³-hybridized carbons (Fsp3) is 0.286. The van der Waals surface area contributed by atoms with E-state index in [4.69, 9.17) is 23.2 Å². The van der Waals surface area contributed by atoms with Gasteiger partial charge in [0, 0.05) is 22.1 Å². The lowest BCUT2D eigenvalue weighted by Gasteiger charge is -2.01.